The maximum Gasteiger partial charge on any atom is 0.319 e. The number of hydrogen-bond donors (Lipinski definition) is 3. The lowest BCUT2D eigenvalue weighted by Gasteiger charge is -2.19. The zero-order valence-corrected chi connectivity index (χ0v) is 14.4. The summed E-state index contributed by atoms with van der Waals surface area (Å²) in [6, 6.07) is 12.2. The summed E-state index contributed by atoms with van der Waals surface area (Å²) in [5.41, 5.74) is 3.11. The number of hydrogen-bond acceptors (Lipinski definition) is 3. The Bertz CT molecular complexity index is 698. The molecule has 126 valence electrons. The summed E-state index contributed by atoms with van der Waals surface area (Å²) < 4.78 is 0. The van der Waals surface area contributed by atoms with Crippen LogP contribution in [0.25, 0.3) is 0 Å². The molecule has 0 saturated heterocycles. The Hall–Kier alpha value is -2.56. The minimum Gasteiger partial charge on any atom is -0.340 e. The monoisotopic (exact) mass is 324 g/mol. The first-order chi connectivity index (χ1) is 11.4. The van der Waals surface area contributed by atoms with E-state index >= 15 is 0 Å². The summed E-state index contributed by atoms with van der Waals surface area (Å²) >= 11 is 0. The molecule has 3 rings (SSSR count). The summed E-state index contributed by atoms with van der Waals surface area (Å²) in [6.07, 6.45) is 3.80. The molecule has 5 nitrogen and oxygen atoms in total. The molecule has 24 heavy (non-hydrogen) atoms. The fourth-order valence-electron chi connectivity index (χ4n) is 2.32. The first-order valence-corrected chi connectivity index (χ1v) is 8.31. The first kappa shape index (κ1) is 16.3. The van der Waals surface area contributed by atoms with Gasteiger partial charge < -0.3 is 16.0 Å². The molecule has 0 atom stereocenters. The predicted octanol–water partition coefficient (Wildman–Crippen LogP) is 4.41. The van der Waals surface area contributed by atoms with Crippen molar-refractivity contribution in [2.75, 3.05) is 10.6 Å². The van der Waals surface area contributed by atoms with Gasteiger partial charge in [-0.2, -0.15) is 0 Å². The van der Waals surface area contributed by atoms with Crippen molar-refractivity contribution in [3.8, 4) is 0 Å². The van der Waals surface area contributed by atoms with Gasteiger partial charge in [-0.15, -0.1) is 0 Å². The number of anilines is 3. The molecule has 1 fully saturated rings. The highest BCUT2D eigenvalue weighted by atomic mass is 16.2. The average Bonchev–Trinajstić information content (AvgIpc) is 3.33. The number of nitrogens with one attached hydrogen (secondary N) is 3. The van der Waals surface area contributed by atoms with Crippen molar-refractivity contribution < 1.29 is 4.79 Å². The topological polar surface area (TPSA) is 66.0 Å². The van der Waals surface area contributed by atoms with Crippen LogP contribution in [-0.2, 0) is 5.41 Å². The van der Waals surface area contributed by atoms with Gasteiger partial charge in [-0.1, -0.05) is 32.9 Å². The SMILES string of the molecule is CC(C)(C)c1ccc(Nc2ccc(NC(=O)NC3CC3)cn2)cc1. The third-order valence-corrected chi connectivity index (χ3v) is 3.96. The fraction of sp³-hybridized carbons (Fsp3) is 0.368. The van der Waals surface area contributed by atoms with Crippen LogP contribution < -0.4 is 16.0 Å². The van der Waals surface area contributed by atoms with Crippen molar-refractivity contribution in [1.29, 1.82) is 0 Å². The van der Waals surface area contributed by atoms with Gasteiger partial charge >= 0.3 is 6.03 Å². The maximum atomic E-state index is 11.7. The van der Waals surface area contributed by atoms with Gasteiger partial charge in [0.2, 0.25) is 0 Å². The largest absolute Gasteiger partial charge is 0.340 e. The van der Waals surface area contributed by atoms with Crippen molar-refractivity contribution in [3.63, 3.8) is 0 Å². The van der Waals surface area contributed by atoms with Crippen molar-refractivity contribution in [1.82, 2.24) is 10.3 Å². The highest BCUT2D eigenvalue weighted by Gasteiger charge is 2.23. The molecule has 2 amide bonds. The molecule has 5 heteroatoms. The molecule has 1 aliphatic rings. The Kier molecular flexibility index (Phi) is 4.42. The number of nitrogens with zero attached hydrogens (tertiary/aromatic N) is 1. The lowest BCUT2D eigenvalue weighted by molar-refractivity contribution is 0.251. The van der Waals surface area contributed by atoms with Crippen LogP contribution in [0.4, 0.5) is 22.0 Å². The third kappa shape index (κ3) is 4.47. The Morgan fingerprint density at radius 2 is 1.71 bits per heavy atom. The number of pyridine rings is 1. The average molecular weight is 324 g/mol. The summed E-state index contributed by atoms with van der Waals surface area (Å²) in [7, 11) is 0. The molecular weight excluding hydrogens is 300 g/mol. The summed E-state index contributed by atoms with van der Waals surface area (Å²) in [4.78, 5) is 16.0. The van der Waals surface area contributed by atoms with Crippen LogP contribution in [0.15, 0.2) is 42.6 Å². The molecule has 0 unspecified atom stereocenters. The molecule has 0 spiro atoms. The quantitative estimate of drug-likeness (QED) is 0.780. The zero-order valence-electron chi connectivity index (χ0n) is 14.4. The van der Waals surface area contributed by atoms with E-state index in [1.807, 2.05) is 12.1 Å². The number of aromatic nitrogens is 1. The van der Waals surface area contributed by atoms with E-state index < -0.39 is 0 Å². The van der Waals surface area contributed by atoms with Crippen LogP contribution >= 0.6 is 0 Å². The van der Waals surface area contributed by atoms with Gasteiger partial charge in [0.25, 0.3) is 0 Å². The normalized spacial score (nSPS) is 14.1. The van der Waals surface area contributed by atoms with E-state index in [-0.39, 0.29) is 11.4 Å². The van der Waals surface area contributed by atoms with Gasteiger partial charge in [-0.25, -0.2) is 9.78 Å². The summed E-state index contributed by atoms with van der Waals surface area (Å²) in [6.45, 7) is 6.59. The molecule has 1 aromatic carbocycles. The van der Waals surface area contributed by atoms with Crippen LogP contribution in [0, 0.1) is 0 Å². The van der Waals surface area contributed by atoms with Crippen LogP contribution in [0.2, 0.25) is 0 Å². The molecule has 0 bridgehead atoms. The molecule has 1 heterocycles. The maximum absolute atomic E-state index is 11.7. The second-order valence-electron chi connectivity index (χ2n) is 7.26. The number of amides is 2. The second kappa shape index (κ2) is 6.51. The molecule has 3 N–H and O–H groups in total. The number of carbonyl (C=O) groups is 1. The molecular formula is C19H24N4O. The van der Waals surface area contributed by atoms with E-state index in [0.717, 1.165) is 24.3 Å². The van der Waals surface area contributed by atoms with Gasteiger partial charge in [0, 0.05) is 11.7 Å². The third-order valence-electron chi connectivity index (χ3n) is 3.96. The van der Waals surface area contributed by atoms with Gasteiger partial charge in [0.1, 0.15) is 5.82 Å². The van der Waals surface area contributed by atoms with Crippen LogP contribution in [0.3, 0.4) is 0 Å². The van der Waals surface area contributed by atoms with E-state index in [0.29, 0.717) is 11.7 Å². The lowest BCUT2D eigenvalue weighted by atomic mass is 9.87. The van der Waals surface area contributed by atoms with Gasteiger partial charge in [0.15, 0.2) is 0 Å². The van der Waals surface area contributed by atoms with Crippen LogP contribution in [-0.4, -0.2) is 17.1 Å². The Balaban J connectivity index is 1.58. The standard InChI is InChI=1S/C19H24N4O/c1-19(2,3)13-4-6-14(7-5-13)21-17-11-10-16(12-20-17)23-18(24)22-15-8-9-15/h4-7,10-12,15H,8-9H2,1-3H3,(H,20,21)(H2,22,23,24). The van der Waals surface area contributed by atoms with Crippen LogP contribution in [0.1, 0.15) is 39.2 Å². The zero-order chi connectivity index (χ0) is 17.2. The number of carbonyl (C=O) groups excluding carboxylic acids is 1. The minimum atomic E-state index is -0.169. The molecule has 0 aliphatic heterocycles. The summed E-state index contributed by atoms with van der Waals surface area (Å²) in [5.74, 6) is 0.742. The van der Waals surface area contributed by atoms with Crippen molar-refractivity contribution in [3.05, 3.63) is 48.2 Å². The number of rotatable bonds is 4. The molecule has 0 radical (unpaired) electrons. The van der Waals surface area contributed by atoms with Crippen molar-refractivity contribution in [2.24, 2.45) is 0 Å². The van der Waals surface area contributed by atoms with Crippen LogP contribution in [0.5, 0.6) is 0 Å². The number of urea groups is 1. The number of benzene rings is 1. The van der Waals surface area contributed by atoms with E-state index in [1.54, 1.807) is 6.20 Å². The smallest absolute Gasteiger partial charge is 0.319 e. The van der Waals surface area contributed by atoms with E-state index in [2.05, 4.69) is 66.0 Å². The Morgan fingerprint density at radius 3 is 2.25 bits per heavy atom. The molecule has 2 aromatic rings. The lowest BCUT2D eigenvalue weighted by Crippen LogP contribution is -2.30. The first-order valence-electron chi connectivity index (χ1n) is 8.31. The Labute approximate surface area is 142 Å². The predicted molar refractivity (Wildman–Crippen MR) is 97.8 cm³/mol. The van der Waals surface area contributed by atoms with Crippen molar-refractivity contribution >= 4 is 23.2 Å². The van der Waals surface area contributed by atoms with E-state index in [9.17, 15) is 4.79 Å². The molecule has 1 aromatic heterocycles. The fourth-order valence-corrected chi connectivity index (χ4v) is 2.32. The molecule has 1 saturated carbocycles. The van der Waals surface area contributed by atoms with E-state index in [1.165, 1.54) is 5.56 Å². The van der Waals surface area contributed by atoms with Gasteiger partial charge in [0.05, 0.1) is 11.9 Å². The van der Waals surface area contributed by atoms with E-state index in [4.69, 9.17) is 0 Å². The van der Waals surface area contributed by atoms with Gasteiger partial charge in [-0.05, 0) is 48.1 Å². The Morgan fingerprint density at radius 1 is 1.04 bits per heavy atom. The highest BCUT2D eigenvalue weighted by molar-refractivity contribution is 5.89. The highest BCUT2D eigenvalue weighted by Crippen LogP contribution is 2.24. The minimum absolute atomic E-state index is 0.144. The molecule has 1 aliphatic carbocycles. The van der Waals surface area contributed by atoms with Gasteiger partial charge in [-0.3, -0.25) is 0 Å². The summed E-state index contributed by atoms with van der Waals surface area (Å²) in [5, 5.41) is 8.93. The van der Waals surface area contributed by atoms with Crippen molar-refractivity contribution in [2.45, 2.75) is 45.1 Å². The second-order valence-corrected chi connectivity index (χ2v) is 7.26.